The Kier molecular flexibility index (Phi) is 6.63. The van der Waals surface area contributed by atoms with Crippen LogP contribution in [-0.4, -0.2) is 15.3 Å². The van der Waals surface area contributed by atoms with E-state index >= 15 is 0 Å². The van der Waals surface area contributed by atoms with Gasteiger partial charge in [-0.25, -0.2) is 0 Å². The molecule has 3 N–H and O–H groups in total. The summed E-state index contributed by atoms with van der Waals surface area (Å²) in [6, 6.07) is 10.4. The Morgan fingerprint density at radius 2 is 1.91 bits per heavy atom. The van der Waals surface area contributed by atoms with Gasteiger partial charge in [0.2, 0.25) is 0 Å². The van der Waals surface area contributed by atoms with Crippen LogP contribution in [0.3, 0.4) is 0 Å². The molecule has 0 aliphatic heterocycles. The van der Waals surface area contributed by atoms with Crippen molar-refractivity contribution in [2.24, 2.45) is 0 Å². The Morgan fingerprint density at radius 1 is 1.17 bits per heavy atom. The molecular formula is C19H22O3S. The normalized spacial score (nSPS) is 13.2. The molecule has 0 spiro atoms. The molecule has 1 aromatic heterocycles. The van der Waals surface area contributed by atoms with Gasteiger partial charge in [0.25, 0.3) is 0 Å². The van der Waals surface area contributed by atoms with Gasteiger partial charge < -0.3 is 15.3 Å². The summed E-state index contributed by atoms with van der Waals surface area (Å²) in [5, 5.41) is 31.5. The van der Waals surface area contributed by atoms with Gasteiger partial charge in [0.05, 0.1) is 12.2 Å². The van der Waals surface area contributed by atoms with Gasteiger partial charge in [-0.15, -0.1) is 17.1 Å². The lowest BCUT2D eigenvalue weighted by atomic mass is 10.0. The van der Waals surface area contributed by atoms with Crippen molar-refractivity contribution in [3.8, 4) is 5.75 Å². The lowest BCUT2D eigenvalue weighted by Crippen LogP contribution is -1.96. The van der Waals surface area contributed by atoms with Gasteiger partial charge in [-0.1, -0.05) is 25.1 Å². The predicted molar refractivity (Wildman–Crippen MR) is 93.5 cm³/mol. The van der Waals surface area contributed by atoms with E-state index in [-0.39, 0.29) is 5.75 Å². The molecular weight excluding hydrogens is 308 g/mol. The van der Waals surface area contributed by atoms with Crippen molar-refractivity contribution in [3.63, 3.8) is 0 Å². The molecule has 0 bridgehead atoms. The van der Waals surface area contributed by atoms with Crippen LogP contribution in [0.1, 0.15) is 48.8 Å². The molecule has 4 heteroatoms. The summed E-state index contributed by atoms with van der Waals surface area (Å²) in [7, 11) is 0. The summed E-state index contributed by atoms with van der Waals surface area (Å²) in [4.78, 5) is 0.960. The third-order valence-corrected chi connectivity index (χ3v) is 4.64. The van der Waals surface area contributed by atoms with Gasteiger partial charge in [-0.2, -0.15) is 0 Å². The van der Waals surface area contributed by atoms with E-state index in [9.17, 15) is 15.3 Å². The molecule has 0 aliphatic rings. The van der Waals surface area contributed by atoms with Gasteiger partial charge in [-0.3, -0.25) is 0 Å². The highest BCUT2D eigenvalue weighted by molar-refractivity contribution is 7.10. The van der Waals surface area contributed by atoms with Crippen molar-refractivity contribution >= 4 is 11.3 Å². The minimum absolute atomic E-state index is 0.187. The summed E-state index contributed by atoms with van der Waals surface area (Å²) < 4.78 is 0. The van der Waals surface area contributed by atoms with E-state index in [2.05, 4.69) is 5.73 Å². The molecule has 122 valence electrons. The third kappa shape index (κ3) is 5.38. The van der Waals surface area contributed by atoms with Gasteiger partial charge in [-0.05, 0) is 47.2 Å². The minimum atomic E-state index is -0.622. The Labute approximate surface area is 140 Å². The van der Waals surface area contributed by atoms with Crippen LogP contribution < -0.4 is 0 Å². The van der Waals surface area contributed by atoms with Gasteiger partial charge in [0, 0.05) is 17.7 Å². The first-order chi connectivity index (χ1) is 11.1. The Morgan fingerprint density at radius 3 is 2.52 bits per heavy atom. The maximum atomic E-state index is 10.2. The molecule has 0 amide bonds. The number of thiophene rings is 1. The summed E-state index contributed by atoms with van der Waals surface area (Å²) >= 11 is 1.55. The number of aliphatic hydroxyl groups excluding tert-OH is 2. The van der Waals surface area contributed by atoms with Crippen LogP contribution in [0.2, 0.25) is 0 Å². The van der Waals surface area contributed by atoms with Crippen LogP contribution >= 0.6 is 11.3 Å². The number of phenols is 1. The number of benzene rings is 1. The van der Waals surface area contributed by atoms with Crippen molar-refractivity contribution in [3.05, 3.63) is 69.6 Å². The fourth-order valence-electron chi connectivity index (χ4n) is 2.27. The molecule has 2 rings (SSSR count). The van der Waals surface area contributed by atoms with Gasteiger partial charge in [0.15, 0.2) is 0 Å². The third-order valence-electron chi connectivity index (χ3n) is 3.66. The predicted octanol–water partition coefficient (Wildman–Crippen LogP) is 4.49. The fraction of sp³-hybridized carbons (Fsp3) is 0.316. The number of aromatic hydroxyl groups is 1. The van der Waals surface area contributed by atoms with Crippen molar-refractivity contribution in [1.29, 1.82) is 0 Å². The lowest BCUT2D eigenvalue weighted by Gasteiger charge is -2.09. The molecule has 2 atom stereocenters. The highest BCUT2D eigenvalue weighted by atomic mass is 32.1. The monoisotopic (exact) mass is 330 g/mol. The molecule has 0 fully saturated rings. The van der Waals surface area contributed by atoms with Crippen LogP contribution in [-0.2, 0) is 0 Å². The smallest absolute Gasteiger partial charge is 0.115 e. The zero-order valence-electron chi connectivity index (χ0n) is 13.1. The quantitative estimate of drug-likeness (QED) is 0.655. The Balaban J connectivity index is 1.97. The minimum Gasteiger partial charge on any atom is -0.508 e. The lowest BCUT2D eigenvalue weighted by molar-refractivity contribution is 0.180. The summed E-state index contributed by atoms with van der Waals surface area (Å²) in [6.07, 6.45) is 2.52. The molecule has 0 aliphatic carbocycles. The average Bonchev–Trinajstić information content (AvgIpc) is 3.09. The van der Waals surface area contributed by atoms with Crippen LogP contribution in [0.5, 0.6) is 5.75 Å². The van der Waals surface area contributed by atoms with E-state index in [1.807, 2.05) is 30.5 Å². The molecule has 0 saturated heterocycles. The second-order valence-corrected chi connectivity index (χ2v) is 6.36. The number of hydrogen-bond donors (Lipinski definition) is 3. The van der Waals surface area contributed by atoms with Gasteiger partial charge in [0.1, 0.15) is 5.75 Å². The second-order valence-electron chi connectivity index (χ2n) is 5.38. The first kappa shape index (κ1) is 17.5. The highest BCUT2D eigenvalue weighted by Crippen LogP contribution is 2.26. The standard InChI is InChI=1S/C19H22O3S/c1-2-14(13-18(22)19-7-4-12-23-19)5-3-6-17(21)15-8-10-16(20)11-9-15/h3-4,7-12,17-18,20-22H,2,6,13H2,1H3/t5?,17-,18-/m1/s1. The zero-order valence-corrected chi connectivity index (χ0v) is 14.0. The van der Waals surface area contributed by atoms with Crippen LogP contribution in [0, 0.1) is 0 Å². The second kappa shape index (κ2) is 8.70. The van der Waals surface area contributed by atoms with E-state index in [4.69, 9.17) is 0 Å². The van der Waals surface area contributed by atoms with E-state index in [0.29, 0.717) is 12.8 Å². The maximum absolute atomic E-state index is 10.2. The van der Waals surface area contributed by atoms with E-state index in [0.717, 1.165) is 22.4 Å². The molecule has 23 heavy (non-hydrogen) atoms. The highest BCUT2D eigenvalue weighted by Gasteiger charge is 2.10. The van der Waals surface area contributed by atoms with Crippen LogP contribution in [0.4, 0.5) is 0 Å². The Hall–Kier alpha value is -1.84. The number of rotatable bonds is 7. The Bertz CT molecular complexity index is 652. The molecule has 0 saturated carbocycles. The summed E-state index contributed by atoms with van der Waals surface area (Å²) in [5.41, 5.74) is 4.99. The topological polar surface area (TPSA) is 60.7 Å². The van der Waals surface area contributed by atoms with E-state index in [1.54, 1.807) is 35.6 Å². The van der Waals surface area contributed by atoms with E-state index in [1.165, 1.54) is 0 Å². The van der Waals surface area contributed by atoms with E-state index < -0.39 is 12.2 Å². The van der Waals surface area contributed by atoms with Crippen LogP contribution in [0.15, 0.2) is 59.2 Å². The molecule has 0 unspecified atom stereocenters. The first-order valence-electron chi connectivity index (χ1n) is 7.71. The molecule has 3 nitrogen and oxygen atoms in total. The largest absolute Gasteiger partial charge is 0.508 e. The number of aliphatic hydroxyl groups is 2. The van der Waals surface area contributed by atoms with Crippen molar-refractivity contribution < 1.29 is 15.3 Å². The number of hydrogen-bond acceptors (Lipinski definition) is 4. The first-order valence-corrected chi connectivity index (χ1v) is 8.59. The van der Waals surface area contributed by atoms with Crippen molar-refractivity contribution in [2.45, 2.75) is 38.4 Å². The van der Waals surface area contributed by atoms with Gasteiger partial charge >= 0.3 is 0 Å². The molecule has 1 heterocycles. The summed E-state index contributed by atoms with van der Waals surface area (Å²) in [6.45, 7) is 2.04. The van der Waals surface area contributed by atoms with Crippen molar-refractivity contribution in [1.82, 2.24) is 0 Å². The maximum Gasteiger partial charge on any atom is 0.115 e. The number of phenolic OH excluding ortho intramolecular Hbond substituents is 1. The average molecular weight is 330 g/mol. The van der Waals surface area contributed by atoms with Crippen molar-refractivity contribution in [2.75, 3.05) is 0 Å². The SMILES string of the molecule is CCC(=C=CC[C@@H](O)c1ccc(O)cc1)C[C@@H](O)c1cccs1. The van der Waals surface area contributed by atoms with Crippen LogP contribution in [0.25, 0.3) is 0 Å². The molecule has 2 aromatic rings. The zero-order chi connectivity index (χ0) is 16.7. The summed E-state index contributed by atoms with van der Waals surface area (Å²) in [5.74, 6) is 0.187. The molecule has 0 radical (unpaired) electrons. The molecule has 1 aromatic carbocycles. The fourth-order valence-corrected chi connectivity index (χ4v) is 2.98.